The van der Waals surface area contributed by atoms with Gasteiger partial charge in [-0.2, -0.15) is 31.4 Å². The molecular formula is C31H23F6N3S. The second kappa shape index (κ2) is 11.1. The molecule has 10 heteroatoms. The molecule has 0 aliphatic heterocycles. The molecule has 0 bridgehead atoms. The minimum atomic E-state index is -4.58. The van der Waals surface area contributed by atoms with Crippen LogP contribution >= 0.6 is 11.8 Å². The number of alkyl halides is 6. The van der Waals surface area contributed by atoms with Gasteiger partial charge in [0.25, 0.3) is 0 Å². The molecule has 210 valence electrons. The molecule has 0 N–H and O–H groups in total. The highest BCUT2D eigenvalue weighted by Gasteiger charge is 2.37. The fourth-order valence-corrected chi connectivity index (χ4v) is 5.41. The number of halogens is 6. The standard InChI is InChI=1S/C31H23F6N3S/c1-19-6-15-27(41-18-21-7-9-22(10-8-21)23-11-13-24(14-12-23)30(32,33)34)25(16-19)26-4-3-5-28(39-26)40-29(31(35,36)37)20(2)17-38-40/h3-17H,18H2,1-2H3. The van der Waals surface area contributed by atoms with Gasteiger partial charge in [-0.25, -0.2) is 9.67 Å². The normalized spacial score (nSPS) is 12.1. The molecule has 0 saturated heterocycles. The average Bonchev–Trinajstić information content (AvgIpc) is 3.34. The molecule has 5 aromatic rings. The van der Waals surface area contributed by atoms with Gasteiger partial charge in [0.1, 0.15) is 0 Å². The molecule has 0 amide bonds. The molecular weight excluding hydrogens is 560 g/mol. The highest BCUT2D eigenvalue weighted by Crippen LogP contribution is 2.36. The predicted octanol–water partition coefficient (Wildman–Crippen LogP) is 9.55. The number of hydrogen-bond donors (Lipinski definition) is 0. The van der Waals surface area contributed by atoms with Crippen LogP contribution in [0, 0.1) is 13.8 Å². The van der Waals surface area contributed by atoms with Gasteiger partial charge in [-0.1, -0.05) is 54.1 Å². The summed E-state index contributed by atoms with van der Waals surface area (Å²) >= 11 is 1.56. The van der Waals surface area contributed by atoms with E-state index in [2.05, 4.69) is 10.1 Å². The number of pyridine rings is 1. The second-order valence-electron chi connectivity index (χ2n) is 9.53. The highest BCUT2D eigenvalue weighted by molar-refractivity contribution is 7.98. The van der Waals surface area contributed by atoms with E-state index >= 15 is 0 Å². The van der Waals surface area contributed by atoms with Gasteiger partial charge in [-0.15, -0.1) is 11.8 Å². The first-order chi connectivity index (χ1) is 19.4. The zero-order valence-corrected chi connectivity index (χ0v) is 22.7. The Morgan fingerprint density at radius 2 is 1.41 bits per heavy atom. The molecule has 0 radical (unpaired) electrons. The van der Waals surface area contributed by atoms with Gasteiger partial charge in [0.05, 0.1) is 17.5 Å². The van der Waals surface area contributed by atoms with Crippen LogP contribution in [0.25, 0.3) is 28.2 Å². The highest BCUT2D eigenvalue weighted by atomic mass is 32.2. The van der Waals surface area contributed by atoms with Crippen molar-refractivity contribution in [3.05, 3.63) is 119 Å². The summed E-state index contributed by atoms with van der Waals surface area (Å²) < 4.78 is 80.4. The molecule has 3 aromatic carbocycles. The Balaban J connectivity index is 1.37. The molecule has 2 aromatic heterocycles. The Kier molecular flexibility index (Phi) is 7.70. The smallest absolute Gasteiger partial charge is 0.229 e. The van der Waals surface area contributed by atoms with E-state index in [0.717, 1.165) is 44.0 Å². The van der Waals surface area contributed by atoms with Gasteiger partial charge < -0.3 is 0 Å². The van der Waals surface area contributed by atoms with Crippen molar-refractivity contribution in [3.63, 3.8) is 0 Å². The summed E-state index contributed by atoms with van der Waals surface area (Å²) in [6.45, 7) is 3.29. The summed E-state index contributed by atoms with van der Waals surface area (Å²) in [4.78, 5) is 5.44. The molecule has 0 saturated carbocycles. The Labute approximate surface area is 236 Å². The van der Waals surface area contributed by atoms with Gasteiger partial charge in [0, 0.05) is 16.2 Å². The summed E-state index contributed by atoms with van der Waals surface area (Å²) in [6.07, 6.45) is -7.78. The molecule has 41 heavy (non-hydrogen) atoms. The number of aromatic nitrogens is 3. The predicted molar refractivity (Wildman–Crippen MR) is 148 cm³/mol. The fourth-order valence-electron chi connectivity index (χ4n) is 4.41. The van der Waals surface area contributed by atoms with E-state index in [0.29, 0.717) is 17.0 Å². The van der Waals surface area contributed by atoms with Crippen molar-refractivity contribution in [1.82, 2.24) is 14.8 Å². The van der Waals surface area contributed by atoms with Crippen LogP contribution in [0.5, 0.6) is 0 Å². The third-order valence-corrected chi connectivity index (χ3v) is 7.62. The van der Waals surface area contributed by atoms with E-state index in [1.807, 2.05) is 49.4 Å². The van der Waals surface area contributed by atoms with Crippen molar-refractivity contribution < 1.29 is 26.3 Å². The van der Waals surface area contributed by atoms with Crippen molar-refractivity contribution in [2.45, 2.75) is 36.8 Å². The summed E-state index contributed by atoms with van der Waals surface area (Å²) in [5.74, 6) is 0.666. The minimum absolute atomic E-state index is 0.0147. The molecule has 3 nitrogen and oxygen atoms in total. The third-order valence-electron chi connectivity index (χ3n) is 6.48. The van der Waals surface area contributed by atoms with Gasteiger partial charge in [-0.3, -0.25) is 0 Å². The van der Waals surface area contributed by atoms with E-state index in [1.165, 1.54) is 31.3 Å². The summed E-state index contributed by atoms with van der Waals surface area (Å²) in [5.41, 5.74) is 3.24. The van der Waals surface area contributed by atoms with Crippen LogP contribution in [0.2, 0.25) is 0 Å². The lowest BCUT2D eigenvalue weighted by atomic mass is 10.0. The topological polar surface area (TPSA) is 30.7 Å². The lowest BCUT2D eigenvalue weighted by Gasteiger charge is -2.14. The maximum absolute atomic E-state index is 13.7. The molecule has 0 aliphatic rings. The maximum Gasteiger partial charge on any atom is 0.433 e. The average molecular weight is 584 g/mol. The Morgan fingerprint density at radius 3 is 2.05 bits per heavy atom. The Hall–Kier alpha value is -4.05. The zero-order valence-electron chi connectivity index (χ0n) is 21.9. The van der Waals surface area contributed by atoms with E-state index in [-0.39, 0.29) is 11.4 Å². The minimum Gasteiger partial charge on any atom is -0.229 e. The fraction of sp³-hybridized carbons (Fsp3) is 0.161. The van der Waals surface area contributed by atoms with Crippen molar-refractivity contribution in [2.24, 2.45) is 0 Å². The molecule has 0 spiro atoms. The van der Waals surface area contributed by atoms with Crippen molar-refractivity contribution in [1.29, 1.82) is 0 Å². The van der Waals surface area contributed by atoms with Gasteiger partial charge in [0.2, 0.25) is 0 Å². The van der Waals surface area contributed by atoms with Gasteiger partial charge in [-0.05, 0) is 72.5 Å². The maximum atomic E-state index is 13.7. The van der Waals surface area contributed by atoms with Crippen molar-refractivity contribution in [3.8, 4) is 28.2 Å². The number of aryl methyl sites for hydroxylation is 2. The van der Waals surface area contributed by atoms with Crippen LogP contribution in [0.15, 0.2) is 96.0 Å². The summed E-state index contributed by atoms with van der Waals surface area (Å²) in [6, 6.07) is 23.4. The molecule has 5 rings (SSSR count). The first-order valence-corrected chi connectivity index (χ1v) is 13.5. The molecule has 2 heterocycles. The summed E-state index contributed by atoms with van der Waals surface area (Å²) in [7, 11) is 0. The lowest BCUT2D eigenvalue weighted by molar-refractivity contribution is -0.143. The summed E-state index contributed by atoms with van der Waals surface area (Å²) in [5, 5.41) is 3.93. The Bertz CT molecular complexity index is 1670. The van der Waals surface area contributed by atoms with Crippen LogP contribution in [0.4, 0.5) is 26.3 Å². The lowest BCUT2D eigenvalue weighted by Crippen LogP contribution is -2.15. The molecule has 0 fully saturated rings. The van der Waals surface area contributed by atoms with Gasteiger partial charge >= 0.3 is 12.4 Å². The van der Waals surface area contributed by atoms with Crippen molar-refractivity contribution in [2.75, 3.05) is 0 Å². The monoisotopic (exact) mass is 583 g/mol. The number of rotatable bonds is 6. The van der Waals surface area contributed by atoms with Crippen LogP contribution < -0.4 is 0 Å². The van der Waals surface area contributed by atoms with Gasteiger partial charge in [0.15, 0.2) is 11.5 Å². The van der Waals surface area contributed by atoms with Crippen LogP contribution in [0.3, 0.4) is 0 Å². The number of thioether (sulfide) groups is 1. The SMILES string of the molecule is Cc1ccc(SCc2ccc(-c3ccc(C(F)(F)F)cc3)cc2)c(-c2cccc(-n3ncc(C)c3C(F)(F)F)n2)c1. The quantitative estimate of drug-likeness (QED) is 0.147. The molecule has 0 unspecified atom stereocenters. The van der Waals surface area contributed by atoms with E-state index < -0.39 is 23.6 Å². The first kappa shape index (κ1) is 28.5. The van der Waals surface area contributed by atoms with Crippen LogP contribution in [-0.4, -0.2) is 14.8 Å². The van der Waals surface area contributed by atoms with Crippen LogP contribution in [-0.2, 0) is 18.1 Å². The zero-order chi connectivity index (χ0) is 29.4. The number of nitrogens with zero attached hydrogens (tertiary/aromatic N) is 3. The van der Waals surface area contributed by atoms with Crippen molar-refractivity contribution >= 4 is 11.8 Å². The van der Waals surface area contributed by atoms with E-state index in [1.54, 1.807) is 23.9 Å². The molecule has 0 aliphatic carbocycles. The Morgan fingerprint density at radius 1 is 0.756 bits per heavy atom. The van der Waals surface area contributed by atoms with E-state index in [9.17, 15) is 26.3 Å². The van der Waals surface area contributed by atoms with Crippen LogP contribution in [0.1, 0.15) is 27.9 Å². The third kappa shape index (κ3) is 6.32. The number of hydrogen-bond acceptors (Lipinski definition) is 3. The number of benzene rings is 3. The second-order valence-corrected chi connectivity index (χ2v) is 10.5. The van der Waals surface area contributed by atoms with E-state index in [4.69, 9.17) is 0 Å². The first-order valence-electron chi connectivity index (χ1n) is 12.5. The molecule has 0 atom stereocenters. The largest absolute Gasteiger partial charge is 0.433 e.